The Labute approximate surface area is 141 Å². The van der Waals surface area contributed by atoms with Gasteiger partial charge in [0.05, 0.1) is 16.2 Å². The molecule has 0 saturated carbocycles. The van der Waals surface area contributed by atoms with Gasteiger partial charge in [-0.15, -0.1) is 0 Å². The molecule has 2 aromatic carbocycles. The lowest BCUT2D eigenvalue weighted by molar-refractivity contribution is -0.384. The summed E-state index contributed by atoms with van der Waals surface area (Å²) in [6.07, 6.45) is 0.908. The lowest BCUT2D eigenvalue weighted by Crippen LogP contribution is -2.21. The first-order valence-electron chi connectivity index (χ1n) is 7.75. The summed E-state index contributed by atoms with van der Waals surface area (Å²) >= 11 is 0. The zero-order valence-electron chi connectivity index (χ0n) is 13.6. The number of benzene rings is 2. The fourth-order valence-corrected chi connectivity index (χ4v) is 2.44. The summed E-state index contributed by atoms with van der Waals surface area (Å²) in [7, 11) is 2.07. The Morgan fingerprint density at radius 2 is 2.00 bits per heavy atom. The molecule has 0 aliphatic heterocycles. The molecule has 2 aromatic rings. The molecule has 0 amide bonds. The molecule has 0 aromatic heterocycles. The van der Waals surface area contributed by atoms with Gasteiger partial charge in [0, 0.05) is 25.2 Å². The molecule has 0 radical (unpaired) electrons. The van der Waals surface area contributed by atoms with Crippen LogP contribution < -0.4 is 5.32 Å². The number of nitro benzene ring substituents is 1. The van der Waals surface area contributed by atoms with E-state index >= 15 is 0 Å². The van der Waals surface area contributed by atoms with Gasteiger partial charge in [0.1, 0.15) is 6.07 Å². The normalized spacial score (nSPS) is 10.4. The van der Waals surface area contributed by atoms with Crippen molar-refractivity contribution in [3.8, 4) is 6.07 Å². The average molecular weight is 324 g/mol. The SMILES string of the molecule is CN(CCCNc1ccc([N+](=O)[O-])cc1C#N)Cc1ccccc1. The van der Waals surface area contributed by atoms with Crippen LogP contribution in [0.2, 0.25) is 0 Å². The molecule has 6 nitrogen and oxygen atoms in total. The van der Waals surface area contributed by atoms with Crippen LogP contribution in [0.5, 0.6) is 0 Å². The van der Waals surface area contributed by atoms with E-state index in [9.17, 15) is 10.1 Å². The van der Waals surface area contributed by atoms with Crippen LogP contribution in [-0.4, -0.2) is 30.0 Å². The van der Waals surface area contributed by atoms with E-state index in [1.165, 1.54) is 17.7 Å². The Morgan fingerprint density at radius 3 is 2.67 bits per heavy atom. The molecular formula is C18H20N4O2. The van der Waals surface area contributed by atoms with Crippen molar-refractivity contribution in [1.29, 1.82) is 5.26 Å². The standard InChI is InChI=1S/C18H20N4O2/c1-21(14-15-6-3-2-4-7-15)11-5-10-20-18-9-8-17(22(23)24)12-16(18)13-19/h2-4,6-9,12,20H,5,10-11,14H2,1H3. The van der Waals surface area contributed by atoms with Crippen molar-refractivity contribution in [2.45, 2.75) is 13.0 Å². The molecule has 24 heavy (non-hydrogen) atoms. The minimum atomic E-state index is -0.497. The molecule has 0 bridgehead atoms. The van der Waals surface area contributed by atoms with Crippen LogP contribution >= 0.6 is 0 Å². The van der Waals surface area contributed by atoms with Gasteiger partial charge in [0.2, 0.25) is 0 Å². The van der Waals surface area contributed by atoms with E-state index in [4.69, 9.17) is 5.26 Å². The van der Waals surface area contributed by atoms with Crippen molar-refractivity contribution < 1.29 is 4.92 Å². The van der Waals surface area contributed by atoms with E-state index in [0.717, 1.165) is 19.5 Å². The summed E-state index contributed by atoms with van der Waals surface area (Å²) in [6, 6.07) is 16.6. The second-order valence-corrected chi connectivity index (χ2v) is 5.60. The lowest BCUT2D eigenvalue weighted by atomic mass is 10.1. The fourth-order valence-electron chi connectivity index (χ4n) is 2.44. The van der Waals surface area contributed by atoms with Gasteiger partial charge in [0.15, 0.2) is 0 Å². The van der Waals surface area contributed by atoms with Crippen molar-refractivity contribution in [3.63, 3.8) is 0 Å². The van der Waals surface area contributed by atoms with E-state index in [2.05, 4.69) is 29.4 Å². The highest BCUT2D eigenvalue weighted by molar-refractivity contribution is 5.61. The van der Waals surface area contributed by atoms with Crippen LogP contribution in [-0.2, 0) is 6.54 Å². The van der Waals surface area contributed by atoms with Gasteiger partial charge in [-0.2, -0.15) is 5.26 Å². The third kappa shape index (κ3) is 5.07. The van der Waals surface area contributed by atoms with Crippen molar-refractivity contribution in [2.24, 2.45) is 0 Å². The molecule has 0 saturated heterocycles. The maximum Gasteiger partial charge on any atom is 0.270 e. The lowest BCUT2D eigenvalue weighted by Gasteiger charge is -2.17. The quantitative estimate of drug-likeness (QED) is 0.457. The molecule has 1 N–H and O–H groups in total. The molecule has 0 fully saturated rings. The first kappa shape index (κ1) is 17.4. The number of rotatable bonds is 8. The molecule has 0 heterocycles. The summed E-state index contributed by atoms with van der Waals surface area (Å²) < 4.78 is 0. The minimum absolute atomic E-state index is 0.0697. The molecular weight excluding hydrogens is 304 g/mol. The largest absolute Gasteiger partial charge is 0.384 e. The predicted octanol–water partition coefficient (Wildman–Crippen LogP) is 3.40. The van der Waals surface area contributed by atoms with E-state index in [0.29, 0.717) is 17.8 Å². The zero-order chi connectivity index (χ0) is 17.4. The molecule has 2 rings (SSSR count). The van der Waals surface area contributed by atoms with Crippen LogP contribution in [0, 0.1) is 21.4 Å². The van der Waals surface area contributed by atoms with Crippen LogP contribution in [0.3, 0.4) is 0 Å². The van der Waals surface area contributed by atoms with Crippen LogP contribution in [0.1, 0.15) is 17.5 Å². The highest BCUT2D eigenvalue weighted by Gasteiger charge is 2.10. The number of hydrogen-bond donors (Lipinski definition) is 1. The Bertz CT molecular complexity index is 726. The number of hydrogen-bond acceptors (Lipinski definition) is 5. The highest BCUT2D eigenvalue weighted by atomic mass is 16.6. The monoisotopic (exact) mass is 324 g/mol. The van der Waals surface area contributed by atoms with Crippen molar-refractivity contribution in [1.82, 2.24) is 4.90 Å². The van der Waals surface area contributed by atoms with E-state index < -0.39 is 4.92 Å². The average Bonchev–Trinajstić information content (AvgIpc) is 2.59. The molecule has 0 unspecified atom stereocenters. The van der Waals surface area contributed by atoms with E-state index in [-0.39, 0.29) is 5.69 Å². The summed E-state index contributed by atoms with van der Waals surface area (Å²) in [6.45, 7) is 2.50. The van der Waals surface area contributed by atoms with Crippen molar-refractivity contribution in [3.05, 3.63) is 69.8 Å². The van der Waals surface area contributed by atoms with Gasteiger partial charge >= 0.3 is 0 Å². The zero-order valence-corrected chi connectivity index (χ0v) is 13.6. The fraction of sp³-hybridized carbons (Fsp3) is 0.278. The number of nitrogens with one attached hydrogen (secondary N) is 1. The van der Waals surface area contributed by atoms with Crippen LogP contribution in [0.4, 0.5) is 11.4 Å². The van der Waals surface area contributed by atoms with E-state index in [1.54, 1.807) is 6.07 Å². The second kappa shape index (κ2) is 8.65. The third-order valence-electron chi connectivity index (χ3n) is 3.66. The van der Waals surface area contributed by atoms with Gasteiger partial charge in [-0.3, -0.25) is 10.1 Å². The Balaban J connectivity index is 1.80. The number of anilines is 1. The van der Waals surface area contributed by atoms with Crippen molar-refractivity contribution >= 4 is 11.4 Å². The van der Waals surface area contributed by atoms with Gasteiger partial charge in [-0.25, -0.2) is 0 Å². The molecule has 124 valence electrons. The first-order valence-corrected chi connectivity index (χ1v) is 7.75. The topological polar surface area (TPSA) is 82.2 Å². The van der Waals surface area contributed by atoms with Gasteiger partial charge in [0.25, 0.3) is 5.69 Å². The molecule has 0 spiro atoms. The first-order chi connectivity index (χ1) is 11.6. The number of nitro groups is 1. The van der Waals surface area contributed by atoms with Gasteiger partial charge in [-0.05, 0) is 31.6 Å². The predicted molar refractivity (Wildman–Crippen MR) is 93.7 cm³/mol. The van der Waals surface area contributed by atoms with Gasteiger partial charge in [-0.1, -0.05) is 30.3 Å². The summed E-state index contributed by atoms with van der Waals surface area (Å²) in [5, 5.41) is 23.0. The maximum atomic E-state index is 10.7. The summed E-state index contributed by atoms with van der Waals surface area (Å²) in [4.78, 5) is 12.5. The maximum absolute atomic E-state index is 10.7. The third-order valence-corrected chi connectivity index (χ3v) is 3.66. The Kier molecular flexibility index (Phi) is 6.29. The molecule has 6 heteroatoms. The van der Waals surface area contributed by atoms with Crippen LogP contribution in [0.25, 0.3) is 0 Å². The number of nitriles is 1. The second-order valence-electron chi connectivity index (χ2n) is 5.60. The smallest absolute Gasteiger partial charge is 0.270 e. The number of non-ortho nitro benzene ring substituents is 1. The van der Waals surface area contributed by atoms with E-state index in [1.807, 2.05) is 24.3 Å². The molecule has 0 aliphatic rings. The summed E-state index contributed by atoms with van der Waals surface area (Å²) in [5.74, 6) is 0. The van der Waals surface area contributed by atoms with Gasteiger partial charge < -0.3 is 10.2 Å². The summed E-state index contributed by atoms with van der Waals surface area (Å²) in [5.41, 5.74) is 2.13. The Morgan fingerprint density at radius 1 is 1.25 bits per heavy atom. The van der Waals surface area contributed by atoms with Crippen LogP contribution in [0.15, 0.2) is 48.5 Å². The molecule has 0 atom stereocenters. The minimum Gasteiger partial charge on any atom is -0.384 e. The van der Waals surface area contributed by atoms with Crippen molar-refractivity contribution in [2.75, 3.05) is 25.5 Å². The highest BCUT2D eigenvalue weighted by Crippen LogP contribution is 2.21. The number of nitrogens with zero attached hydrogens (tertiary/aromatic N) is 3. The Hall–Kier alpha value is -2.91. The molecule has 0 aliphatic carbocycles.